The molecule has 0 radical (unpaired) electrons. The number of halogens is 1. The molecule has 4 heteroatoms. The molecular formula is C14H15BrO2S. The molecule has 0 amide bonds. The molecular weight excluding hydrogens is 312 g/mol. The van der Waals surface area contributed by atoms with Crippen LogP contribution in [0.4, 0.5) is 0 Å². The average Bonchev–Trinajstić information content (AvgIpc) is 2.74. The van der Waals surface area contributed by atoms with Gasteiger partial charge < -0.3 is 9.84 Å². The van der Waals surface area contributed by atoms with Crippen LogP contribution in [0.25, 0.3) is 0 Å². The molecule has 0 saturated carbocycles. The van der Waals surface area contributed by atoms with Crippen LogP contribution in [0.3, 0.4) is 0 Å². The monoisotopic (exact) mass is 326 g/mol. The quantitative estimate of drug-likeness (QED) is 0.903. The third-order valence-corrected chi connectivity index (χ3v) is 4.15. The van der Waals surface area contributed by atoms with Gasteiger partial charge in [0.2, 0.25) is 0 Å². The van der Waals surface area contributed by atoms with Crippen molar-refractivity contribution < 1.29 is 9.84 Å². The van der Waals surface area contributed by atoms with Gasteiger partial charge in [-0.25, -0.2) is 0 Å². The summed E-state index contributed by atoms with van der Waals surface area (Å²) in [6.45, 7) is 3.97. The van der Waals surface area contributed by atoms with Crippen LogP contribution in [0.1, 0.15) is 30.4 Å². The van der Waals surface area contributed by atoms with Gasteiger partial charge in [-0.15, -0.1) is 11.3 Å². The van der Waals surface area contributed by atoms with E-state index in [1.807, 2.05) is 49.6 Å². The first-order chi connectivity index (χ1) is 8.56. The van der Waals surface area contributed by atoms with Crippen LogP contribution in [0.15, 0.2) is 40.2 Å². The van der Waals surface area contributed by atoms with E-state index in [4.69, 9.17) is 4.74 Å². The van der Waals surface area contributed by atoms with Crippen molar-refractivity contribution in [2.75, 3.05) is 0 Å². The minimum absolute atomic E-state index is 0.133. The molecule has 0 bridgehead atoms. The predicted octanol–water partition coefficient (Wildman–Crippen LogP) is 4.38. The number of hydrogen-bond donors (Lipinski definition) is 1. The maximum absolute atomic E-state index is 10.3. The van der Waals surface area contributed by atoms with Crippen LogP contribution in [-0.2, 0) is 0 Å². The third kappa shape index (κ3) is 3.34. The van der Waals surface area contributed by atoms with E-state index in [-0.39, 0.29) is 6.10 Å². The lowest BCUT2D eigenvalue weighted by molar-refractivity contribution is 0.219. The van der Waals surface area contributed by atoms with Gasteiger partial charge in [0, 0.05) is 14.7 Å². The second-order valence-electron chi connectivity index (χ2n) is 4.31. The Morgan fingerprint density at radius 2 is 2.06 bits per heavy atom. The number of ether oxygens (including phenoxy) is 1. The zero-order chi connectivity index (χ0) is 13.1. The highest BCUT2D eigenvalue weighted by Gasteiger charge is 2.13. The Kier molecular flexibility index (Phi) is 4.43. The van der Waals surface area contributed by atoms with Gasteiger partial charge in [0.05, 0.1) is 6.10 Å². The molecule has 2 aromatic rings. The molecule has 0 fully saturated rings. The van der Waals surface area contributed by atoms with Crippen molar-refractivity contribution in [1.82, 2.24) is 0 Å². The largest absolute Gasteiger partial charge is 0.491 e. The van der Waals surface area contributed by atoms with Crippen molar-refractivity contribution >= 4 is 27.3 Å². The van der Waals surface area contributed by atoms with Gasteiger partial charge in [0.25, 0.3) is 0 Å². The van der Waals surface area contributed by atoms with Gasteiger partial charge in [-0.3, -0.25) is 0 Å². The lowest BCUT2D eigenvalue weighted by Gasteiger charge is -2.13. The molecule has 1 N–H and O–H groups in total. The smallest absolute Gasteiger partial charge is 0.120 e. The predicted molar refractivity (Wildman–Crippen MR) is 78.3 cm³/mol. The van der Waals surface area contributed by atoms with E-state index in [0.29, 0.717) is 0 Å². The van der Waals surface area contributed by atoms with Crippen molar-refractivity contribution in [1.29, 1.82) is 0 Å². The first kappa shape index (κ1) is 13.6. The first-order valence-corrected chi connectivity index (χ1v) is 7.42. The Morgan fingerprint density at radius 3 is 2.67 bits per heavy atom. The average molecular weight is 327 g/mol. The second-order valence-corrected chi connectivity index (χ2v) is 6.17. The molecule has 0 saturated heterocycles. The van der Waals surface area contributed by atoms with Gasteiger partial charge in [-0.2, -0.15) is 0 Å². The van der Waals surface area contributed by atoms with E-state index in [9.17, 15) is 5.11 Å². The number of hydrogen-bond acceptors (Lipinski definition) is 3. The summed E-state index contributed by atoms with van der Waals surface area (Å²) >= 11 is 4.93. The Balaban J connectivity index is 2.22. The van der Waals surface area contributed by atoms with Gasteiger partial charge in [0.1, 0.15) is 11.9 Å². The SMILES string of the molecule is CC(C)Oc1cccc(C(O)c2cc(Br)cs2)c1. The van der Waals surface area contributed by atoms with Crippen LogP contribution in [0.2, 0.25) is 0 Å². The third-order valence-electron chi connectivity index (χ3n) is 2.40. The standard InChI is InChI=1S/C14H15BrO2S/c1-9(2)17-12-5-3-4-10(6-12)14(16)13-7-11(15)8-18-13/h3-9,14,16H,1-2H3. The lowest BCUT2D eigenvalue weighted by Crippen LogP contribution is -2.06. The summed E-state index contributed by atoms with van der Waals surface area (Å²) in [5.41, 5.74) is 0.850. The molecule has 18 heavy (non-hydrogen) atoms. The van der Waals surface area contributed by atoms with Crippen molar-refractivity contribution in [3.8, 4) is 5.75 Å². The number of rotatable bonds is 4. The van der Waals surface area contributed by atoms with Crippen LogP contribution in [0, 0.1) is 0 Å². The molecule has 2 rings (SSSR count). The highest BCUT2D eigenvalue weighted by Crippen LogP contribution is 2.31. The molecule has 1 atom stereocenters. The van der Waals surface area contributed by atoms with Crippen LogP contribution < -0.4 is 4.74 Å². The first-order valence-electron chi connectivity index (χ1n) is 5.75. The van der Waals surface area contributed by atoms with E-state index in [1.165, 1.54) is 11.3 Å². The van der Waals surface area contributed by atoms with E-state index < -0.39 is 6.10 Å². The Bertz CT molecular complexity index is 522. The summed E-state index contributed by atoms with van der Waals surface area (Å²) in [6.07, 6.45) is -0.467. The summed E-state index contributed by atoms with van der Waals surface area (Å²) in [7, 11) is 0. The lowest BCUT2D eigenvalue weighted by atomic mass is 10.1. The minimum atomic E-state index is -0.600. The Hall–Kier alpha value is -0.840. The van der Waals surface area contributed by atoms with Gasteiger partial charge in [0.15, 0.2) is 0 Å². The van der Waals surface area contributed by atoms with Crippen LogP contribution >= 0.6 is 27.3 Å². The van der Waals surface area contributed by atoms with Crippen molar-refractivity contribution in [2.45, 2.75) is 26.1 Å². The molecule has 1 aromatic carbocycles. The summed E-state index contributed by atoms with van der Waals surface area (Å²) in [6, 6.07) is 9.54. The number of benzene rings is 1. The molecule has 2 nitrogen and oxygen atoms in total. The summed E-state index contributed by atoms with van der Waals surface area (Å²) in [4.78, 5) is 0.920. The Morgan fingerprint density at radius 1 is 1.28 bits per heavy atom. The fraction of sp³-hybridized carbons (Fsp3) is 0.286. The van der Waals surface area contributed by atoms with Crippen LogP contribution in [0.5, 0.6) is 5.75 Å². The molecule has 1 aromatic heterocycles. The Labute approximate surface area is 119 Å². The van der Waals surface area contributed by atoms with E-state index >= 15 is 0 Å². The number of aliphatic hydroxyl groups is 1. The molecule has 0 spiro atoms. The van der Waals surface area contributed by atoms with Crippen LogP contribution in [-0.4, -0.2) is 11.2 Å². The molecule has 0 aliphatic carbocycles. The number of aliphatic hydroxyl groups excluding tert-OH is 1. The zero-order valence-electron chi connectivity index (χ0n) is 10.3. The maximum Gasteiger partial charge on any atom is 0.120 e. The van der Waals surface area contributed by atoms with E-state index in [0.717, 1.165) is 20.7 Å². The van der Waals surface area contributed by atoms with Crippen molar-refractivity contribution in [3.63, 3.8) is 0 Å². The normalized spacial score (nSPS) is 12.7. The van der Waals surface area contributed by atoms with Crippen molar-refractivity contribution in [3.05, 3.63) is 50.6 Å². The molecule has 96 valence electrons. The molecule has 0 aliphatic rings. The van der Waals surface area contributed by atoms with E-state index in [2.05, 4.69) is 15.9 Å². The van der Waals surface area contributed by atoms with Gasteiger partial charge in [-0.1, -0.05) is 12.1 Å². The molecule has 0 aliphatic heterocycles. The summed E-state index contributed by atoms with van der Waals surface area (Å²) in [5.74, 6) is 0.789. The number of thiophene rings is 1. The topological polar surface area (TPSA) is 29.5 Å². The highest BCUT2D eigenvalue weighted by atomic mass is 79.9. The molecule has 1 unspecified atom stereocenters. The zero-order valence-corrected chi connectivity index (χ0v) is 12.7. The maximum atomic E-state index is 10.3. The van der Waals surface area contributed by atoms with Crippen molar-refractivity contribution in [2.24, 2.45) is 0 Å². The second kappa shape index (κ2) is 5.87. The fourth-order valence-electron chi connectivity index (χ4n) is 1.67. The minimum Gasteiger partial charge on any atom is -0.491 e. The highest BCUT2D eigenvalue weighted by molar-refractivity contribution is 9.10. The van der Waals surface area contributed by atoms with E-state index in [1.54, 1.807) is 0 Å². The van der Waals surface area contributed by atoms with Gasteiger partial charge >= 0.3 is 0 Å². The molecule has 1 heterocycles. The summed E-state index contributed by atoms with van der Waals surface area (Å²) in [5, 5.41) is 12.3. The summed E-state index contributed by atoms with van der Waals surface area (Å²) < 4.78 is 6.63. The fourth-order valence-corrected chi connectivity index (χ4v) is 3.12. The van der Waals surface area contributed by atoms with Gasteiger partial charge in [-0.05, 0) is 53.5 Å².